The molecular weight excluding hydrogens is 542 g/mol. The van der Waals surface area contributed by atoms with Crippen molar-refractivity contribution in [3.8, 4) is 5.75 Å². The van der Waals surface area contributed by atoms with E-state index in [0.717, 1.165) is 6.07 Å². The lowest BCUT2D eigenvalue weighted by Gasteiger charge is -2.50. The molecule has 3 aliphatic carbocycles. The molecule has 14 heteroatoms. The number of phenolic OH excluding ortho intramolecular Hbond substituents is 1. The van der Waals surface area contributed by atoms with E-state index in [0.29, 0.717) is 0 Å². The number of Topliss-reactive ketones (excluding diaryl/α,β-unsaturated/α-hetero) is 2. The van der Waals surface area contributed by atoms with Crippen LogP contribution in [-0.2, 0) is 27.2 Å². The van der Waals surface area contributed by atoms with E-state index in [4.69, 9.17) is 5.73 Å². The van der Waals surface area contributed by atoms with Gasteiger partial charge in [0, 0.05) is 17.1 Å². The molecule has 4 atom stereocenters. The summed E-state index contributed by atoms with van der Waals surface area (Å²) < 4.78 is 52.2. The first-order valence-electron chi connectivity index (χ1n) is 12.5. The number of likely N-dealkylation sites (N-methyl/N-ethyl adjacent to an activating group) is 1. The van der Waals surface area contributed by atoms with E-state index in [2.05, 4.69) is 5.32 Å². The minimum atomic E-state index is -4.41. The van der Waals surface area contributed by atoms with Gasteiger partial charge in [-0.1, -0.05) is 0 Å². The van der Waals surface area contributed by atoms with Crippen LogP contribution < -0.4 is 11.1 Å². The van der Waals surface area contributed by atoms with Gasteiger partial charge in [-0.3, -0.25) is 19.3 Å². The van der Waals surface area contributed by atoms with Crippen LogP contribution >= 0.6 is 0 Å². The van der Waals surface area contributed by atoms with E-state index >= 15 is 4.39 Å². The number of benzene rings is 1. The Morgan fingerprint density at radius 2 is 1.88 bits per heavy atom. The van der Waals surface area contributed by atoms with E-state index in [9.17, 15) is 48.0 Å². The van der Waals surface area contributed by atoms with E-state index in [-0.39, 0.29) is 43.4 Å². The molecule has 0 spiro atoms. The van der Waals surface area contributed by atoms with Crippen LogP contribution in [0, 0.1) is 17.7 Å². The zero-order valence-electron chi connectivity index (χ0n) is 21.6. The van der Waals surface area contributed by atoms with E-state index in [1.54, 1.807) is 0 Å². The van der Waals surface area contributed by atoms with Gasteiger partial charge >= 0.3 is 6.18 Å². The molecule has 10 nitrogen and oxygen atoms in total. The first-order valence-corrected chi connectivity index (χ1v) is 12.5. The van der Waals surface area contributed by atoms with Crippen LogP contribution in [-0.4, -0.2) is 87.8 Å². The van der Waals surface area contributed by atoms with Gasteiger partial charge in [-0.2, -0.15) is 13.2 Å². The molecule has 1 fully saturated rings. The number of phenols is 1. The number of aromatic hydroxyl groups is 1. The predicted molar refractivity (Wildman–Crippen MR) is 131 cm³/mol. The average Bonchev–Trinajstić information content (AvgIpc) is 2.82. The van der Waals surface area contributed by atoms with Crippen molar-refractivity contribution < 1.29 is 52.4 Å². The van der Waals surface area contributed by atoms with Crippen LogP contribution in [0.25, 0.3) is 5.76 Å². The van der Waals surface area contributed by atoms with E-state index < -0.39 is 93.5 Å². The number of carbonyl (C=O) groups excluding carboxylic acids is 3. The van der Waals surface area contributed by atoms with Gasteiger partial charge in [-0.15, -0.1) is 0 Å². The molecule has 0 heterocycles. The molecule has 0 unspecified atom stereocenters. The van der Waals surface area contributed by atoms with E-state index in [1.165, 1.54) is 19.0 Å². The number of aliphatic hydroxyl groups excluding tert-OH is 2. The van der Waals surface area contributed by atoms with Crippen LogP contribution in [0.5, 0.6) is 5.75 Å². The summed E-state index contributed by atoms with van der Waals surface area (Å²) in [6.07, 6.45) is -4.79. The van der Waals surface area contributed by atoms with Crippen LogP contribution in [0.4, 0.5) is 17.6 Å². The maximum atomic E-state index is 15.2. The third-order valence-corrected chi connectivity index (χ3v) is 7.87. The Labute approximate surface area is 225 Å². The lowest BCUT2D eigenvalue weighted by molar-refractivity contribution is -0.153. The van der Waals surface area contributed by atoms with Crippen molar-refractivity contribution in [3.05, 3.63) is 45.5 Å². The zero-order chi connectivity index (χ0) is 29.9. The number of carbonyl (C=O) groups is 3. The maximum absolute atomic E-state index is 15.2. The van der Waals surface area contributed by atoms with Crippen molar-refractivity contribution >= 4 is 23.2 Å². The number of aliphatic hydroxyl groups is 3. The molecule has 1 aromatic carbocycles. The van der Waals surface area contributed by atoms with Crippen molar-refractivity contribution in [1.29, 1.82) is 0 Å². The summed E-state index contributed by atoms with van der Waals surface area (Å²) in [4.78, 5) is 40.2. The molecule has 1 amide bonds. The largest absolute Gasteiger partial charge is 0.508 e. The third-order valence-electron chi connectivity index (χ3n) is 7.87. The molecule has 3 aliphatic rings. The second kappa shape index (κ2) is 10.2. The van der Waals surface area contributed by atoms with Gasteiger partial charge in [0.1, 0.15) is 28.7 Å². The summed E-state index contributed by atoms with van der Waals surface area (Å²) >= 11 is 0. The van der Waals surface area contributed by atoms with Gasteiger partial charge in [0.25, 0.3) is 5.91 Å². The van der Waals surface area contributed by atoms with Gasteiger partial charge < -0.3 is 31.5 Å². The normalized spacial score (nSPS) is 26.6. The highest BCUT2D eigenvalue weighted by Gasteiger charge is 2.64. The second-order valence-corrected chi connectivity index (χ2v) is 10.6. The molecule has 0 aromatic heterocycles. The minimum Gasteiger partial charge on any atom is -0.508 e. The number of hydrogen-bond donors (Lipinski definition) is 6. The highest BCUT2D eigenvalue weighted by molar-refractivity contribution is 6.24. The molecular formula is C26H29F4N3O7. The Bertz CT molecular complexity index is 1350. The topological polar surface area (TPSA) is 173 Å². The number of halogens is 4. The van der Waals surface area contributed by atoms with Crippen molar-refractivity contribution in [1.82, 2.24) is 10.2 Å². The lowest BCUT2D eigenvalue weighted by atomic mass is 9.57. The average molecular weight is 572 g/mol. The van der Waals surface area contributed by atoms with Gasteiger partial charge in [0.15, 0.2) is 11.4 Å². The number of aryl methyl sites for hydroxylation is 1. The monoisotopic (exact) mass is 571 g/mol. The Balaban J connectivity index is 1.76. The van der Waals surface area contributed by atoms with Crippen molar-refractivity contribution in [2.24, 2.45) is 17.6 Å². The van der Waals surface area contributed by atoms with Crippen LogP contribution in [0.1, 0.15) is 29.5 Å². The molecule has 0 saturated heterocycles. The second-order valence-electron chi connectivity index (χ2n) is 10.6. The number of amides is 1. The smallest absolute Gasteiger partial charge is 0.401 e. The van der Waals surface area contributed by atoms with Gasteiger partial charge in [-0.05, 0) is 63.9 Å². The van der Waals surface area contributed by atoms with Crippen LogP contribution in [0.3, 0.4) is 0 Å². The Morgan fingerprint density at radius 3 is 2.45 bits per heavy atom. The van der Waals surface area contributed by atoms with Crippen molar-refractivity contribution in [2.45, 2.75) is 43.5 Å². The Hall–Kier alpha value is -3.49. The summed E-state index contributed by atoms with van der Waals surface area (Å²) in [5.41, 5.74) is 0.532. The quantitative estimate of drug-likeness (QED) is 0.160. The highest BCUT2D eigenvalue weighted by atomic mass is 19.4. The molecule has 40 heavy (non-hydrogen) atoms. The van der Waals surface area contributed by atoms with Crippen LogP contribution in [0.2, 0.25) is 0 Å². The number of fused-ring (bicyclic) bond motifs is 3. The summed E-state index contributed by atoms with van der Waals surface area (Å²) in [7, 11) is 2.93. The molecule has 0 aliphatic heterocycles. The minimum absolute atomic E-state index is 0.0230. The van der Waals surface area contributed by atoms with Crippen molar-refractivity contribution in [3.63, 3.8) is 0 Å². The zero-order valence-corrected chi connectivity index (χ0v) is 21.6. The van der Waals surface area contributed by atoms with E-state index in [1.807, 2.05) is 0 Å². The summed E-state index contributed by atoms with van der Waals surface area (Å²) in [6, 6.07) is -0.249. The molecule has 1 saturated carbocycles. The highest BCUT2D eigenvalue weighted by Crippen LogP contribution is 2.53. The fourth-order valence-corrected chi connectivity index (χ4v) is 6.14. The number of rotatable bonds is 7. The standard InChI is InChI=1S/C26H29F4N3O7/c1-33(2)18-13-7-11-6-12-14(27)8-10(4-3-5-32-9-25(28,29)30)19(34)16(12)20(35)15(11)22(37)26(13,40)23(38)17(21(18)36)24(31)39/h8,11,13,18,32,34-35,38,40H,3-7,9H2,1-2H3,(H2,31,39)/t11-,13-,18-,26-/m0/s1. The first kappa shape index (κ1) is 29.5. The first-order chi connectivity index (χ1) is 18.5. The molecule has 218 valence electrons. The maximum Gasteiger partial charge on any atom is 0.401 e. The number of nitrogens with two attached hydrogens (primary N) is 1. The van der Waals surface area contributed by atoms with Crippen LogP contribution in [0.15, 0.2) is 23.0 Å². The number of alkyl halides is 3. The molecule has 7 N–H and O–H groups in total. The molecule has 1 aromatic rings. The summed E-state index contributed by atoms with van der Waals surface area (Å²) in [5.74, 6) is -9.19. The van der Waals surface area contributed by atoms with Gasteiger partial charge in [0.2, 0.25) is 5.78 Å². The fourth-order valence-electron chi connectivity index (χ4n) is 6.14. The number of ketones is 2. The Morgan fingerprint density at radius 1 is 1.23 bits per heavy atom. The molecule has 0 bridgehead atoms. The Kier molecular flexibility index (Phi) is 7.49. The third kappa shape index (κ3) is 4.63. The van der Waals surface area contributed by atoms with Gasteiger partial charge in [0.05, 0.1) is 18.2 Å². The molecule has 0 radical (unpaired) electrons. The predicted octanol–water partition coefficient (Wildman–Crippen LogP) is 1.19. The summed E-state index contributed by atoms with van der Waals surface area (Å²) in [6.45, 7) is -1.32. The summed E-state index contributed by atoms with van der Waals surface area (Å²) in [5, 5.41) is 46.6. The van der Waals surface area contributed by atoms with Gasteiger partial charge in [-0.25, -0.2) is 4.39 Å². The number of nitrogens with one attached hydrogen (secondary N) is 1. The number of nitrogens with zero attached hydrogens (tertiary/aromatic N) is 1. The van der Waals surface area contributed by atoms with Crippen molar-refractivity contribution in [2.75, 3.05) is 27.2 Å². The number of hydrogen-bond acceptors (Lipinski definition) is 9. The SMILES string of the molecule is CN(C)[C@@H]1C(=O)C(C(N)=O)=C(O)[C@@]2(O)C(=O)C3=C(O)c4c(O)c(CCCNCC(F)(F)F)cc(F)c4C[C@H]3C[C@@H]12. The molecule has 4 rings (SSSR count). The fraction of sp³-hybridized carbons (Fsp3) is 0.500. The number of primary amides is 1. The lowest BCUT2D eigenvalue weighted by Crippen LogP contribution is -2.65.